The predicted molar refractivity (Wildman–Crippen MR) is 95.4 cm³/mol. The molecular formula is C17H23N3O5S. The summed E-state index contributed by atoms with van der Waals surface area (Å²) < 4.78 is 37.7. The summed E-state index contributed by atoms with van der Waals surface area (Å²) in [4.78, 5) is 15.0. The highest BCUT2D eigenvalue weighted by atomic mass is 32.2. The van der Waals surface area contributed by atoms with E-state index in [-0.39, 0.29) is 36.8 Å². The number of hydrogen-bond donors (Lipinski definition) is 1. The van der Waals surface area contributed by atoms with Crippen LogP contribution in [0.2, 0.25) is 0 Å². The Hall–Kier alpha value is -2.15. The Kier molecular flexibility index (Phi) is 6.23. The molecule has 2 rings (SSSR count). The Morgan fingerprint density at radius 3 is 2.77 bits per heavy atom. The number of alkyl carbamates (subject to hydrolysis) is 1. The molecule has 1 aromatic rings. The Balaban J connectivity index is 2.04. The quantitative estimate of drug-likeness (QED) is 0.807. The van der Waals surface area contributed by atoms with E-state index in [0.717, 1.165) is 0 Å². The Bertz CT molecular complexity index is 795. The molecule has 0 spiro atoms. The van der Waals surface area contributed by atoms with Crippen molar-refractivity contribution in [2.45, 2.75) is 37.4 Å². The Labute approximate surface area is 154 Å². The molecule has 1 saturated heterocycles. The van der Waals surface area contributed by atoms with Crippen LogP contribution in [0.3, 0.4) is 0 Å². The van der Waals surface area contributed by atoms with E-state index in [1.807, 2.05) is 0 Å². The van der Waals surface area contributed by atoms with Gasteiger partial charge in [0.2, 0.25) is 15.7 Å². The molecule has 142 valence electrons. The van der Waals surface area contributed by atoms with Crippen molar-refractivity contribution >= 4 is 21.8 Å². The van der Waals surface area contributed by atoms with Gasteiger partial charge in [-0.1, -0.05) is 24.3 Å². The minimum Gasteiger partial charge on any atom is -0.444 e. The summed E-state index contributed by atoms with van der Waals surface area (Å²) in [7, 11) is -3.81. The van der Waals surface area contributed by atoms with Gasteiger partial charge in [0, 0.05) is 19.6 Å². The van der Waals surface area contributed by atoms with Crippen molar-refractivity contribution in [3.63, 3.8) is 0 Å². The van der Waals surface area contributed by atoms with Gasteiger partial charge in [0.25, 0.3) is 0 Å². The fourth-order valence-corrected chi connectivity index (χ4v) is 4.04. The van der Waals surface area contributed by atoms with Gasteiger partial charge in [-0.3, -0.25) is 0 Å². The van der Waals surface area contributed by atoms with Crippen LogP contribution >= 0.6 is 0 Å². The van der Waals surface area contributed by atoms with E-state index in [1.165, 1.54) is 16.4 Å². The SMILES string of the molecule is [C-]#[N+]c1ccccc1S(=O)(=O)N1CCO[C@H](CNC(=O)OC(C)(C)C)C1. The normalized spacial score (nSPS) is 18.8. The molecule has 1 aliphatic rings. The molecule has 1 aliphatic heterocycles. The third kappa shape index (κ3) is 5.17. The van der Waals surface area contributed by atoms with Crippen molar-refractivity contribution in [2.24, 2.45) is 0 Å². The van der Waals surface area contributed by atoms with E-state index in [4.69, 9.17) is 16.0 Å². The number of ether oxygens (including phenoxy) is 2. The summed E-state index contributed by atoms with van der Waals surface area (Å²) in [6.07, 6.45) is -1.08. The van der Waals surface area contributed by atoms with Crippen molar-refractivity contribution in [1.82, 2.24) is 9.62 Å². The molecule has 1 aromatic carbocycles. The first-order valence-electron chi connectivity index (χ1n) is 8.18. The van der Waals surface area contributed by atoms with Gasteiger partial charge in [-0.2, -0.15) is 4.31 Å². The molecule has 26 heavy (non-hydrogen) atoms. The summed E-state index contributed by atoms with van der Waals surface area (Å²) in [5, 5.41) is 2.59. The predicted octanol–water partition coefficient (Wildman–Crippen LogP) is 2.15. The average Bonchev–Trinajstić information content (AvgIpc) is 2.58. The van der Waals surface area contributed by atoms with Crippen LogP contribution in [-0.2, 0) is 19.5 Å². The number of morpholine rings is 1. The number of benzene rings is 1. The molecule has 0 aromatic heterocycles. The van der Waals surface area contributed by atoms with Crippen LogP contribution in [0.15, 0.2) is 29.2 Å². The van der Waals surface area contributed by atoms with Crippen LogP contribution in [0.5, 0.6) is 0 Å². The number of para-hydroxylation sites is 1. The van der Waals surface area contributed by atoms with Gasteiger partial charge in [-0.25, -0.2) is 18.1 Å². The zero-order valence-electron chi connectivity index (χ0n) is 15.1. The van der Waals surface area contributed by atoms with Crippen LogP contribution < -0.4 is 5.32 Å². The second-order valence-electron chi connectivity index (χ2n) is 6.82. The summed E-state index contributed by atoms with van der Waals surface area (Å²) in [6, 6.07) is 6.11. The Morgan fingerprint density at radius 1 is 1.42 bits per heavy atom. The van der Waals surface area contributed by atoms with Gasteiger partial charge in [0.15, 0.2) is 0 Å². The standard InChI is InChI=1S/C17H23N3O5S/c1-17(2,3)25-16(21)19-11-13-12-20(9-10-24-13)26(22,23)15-8-6-5-7-14(15)18-4/h5-8,13H,9-12H2,1-3H3,(H,19,21)/t13-/m1/s1. The number of nitrogens with one attached hydrogen (secondary N) is 1. The monoisotopic (exact) mass is 381 g/mol. The molecule has 0 aliphatic carbocycles. The van der Waals surface area contributed by atoms with Crippen molar-refractivity contribution in [2.75, 3.05) is 26.2 Å². The molecular weight excluding hydrogens is 358 g/mol. The van der Waals surface area contributed by atoms with Crippen molar-refractivity contribution in [3.8, 4) is 0 Å². The van der Waals surface area contributed by atoms with E-state index in [1.54, 1.807) is 32.9 Å². The molecule has 1 N–H and O–H groups in total. The minimum absolute atomic E-state index is 0.0178. The molecule has 0 radical (unpaired) electrons. The van der Waals surface area contributed by atoms with Crippen LogP contribution in [0.1, 0.15) is 20.8 Å². The molecule has 9 heteroatoms. The van der Waals surface area contributed by atoms with Gasteiger partial charge in [-0.05, 0) is 20.8 Å². The average molecular weight is 381 g/mol. The fraction of sp³-hybridized carbons (Fsp3) is 0.529. The number of hydrogen-bond acceptors (Lipinski definition) is 5. The second-order valence-corrected chi connectivity index (χ2v) is 8.72. The van der Waals surface area contributed by atoms with Crippen molar-refractivity contribution in [1.29, 1.82) is 0 Å². The lowest BCUT2D eigenvalue weighted by atomic mass is 10.2. The third-order valence-corrected chi connectivity index (χ3v) is 5.49. The number of rotatable bonds is 4. The van der Waals surface area contributed by atoms with Gasteiger partial charge < -0.3 is 14.8 Å². The highest BCUT2D eigenvalue weighted by molar-refractivity contribution is 7.89. The van der Waals surface area contributed by atoms with Crippen molar-refractivity contribution < 1.29 is 22.7 Å². The topological polar surface area (TPSA) is 89.3 Å². The molecule has 1 atom stereocenters. The number of sulfonamides is 1. The first kappa shape index (κ1) is 20.2. The number of carbonyl (C=O) groups is 1. The second kappa shape index (κ2) is 8.03. The van der Waals surface area contributed by atoms with Crippen LogP contribution in [0.4, 0.5) is 10.5 Å². The summed E-state index contributed by atoms with van der Waals surface area (Å²) in [5.74, 6) is 0. The largest absolute Gasteiger partial charge is 0.444 e. The third-order valence-electron chi connectivity index (χ3n) is 3.58. The van der Waals surface area contributed by atoms with Gasteiger partial charge in [-0.15, -0.1) is 0 Å². The van der Waals surface area contributed by atoms with Crippen LogP contribution in [-0.4, -0.2) is 56.8 Å². The smallest absolute Gasteiger partial charge is 0.407 e. The maximum atomic E-state index is 12.9. The first-order valence-corrected chi connectivity index (χ1v) is 9.62. The molecule has 8 nitrogen and oxygen atoms in total. The lowest BCUT2D eigenvalue weighted by molar-refractivity contribution is -0.00356. The van der Waals surface area contributed by atoms with E-state index < -0.39 is 27.8 Å². The van der Waals surface area contributed by atoms with Gasteiger partial charge in [0.05, 0.1) is 24.2 Å². The van der Waals surface area contributed by atoms with Crippen molar-refractivity contribution in [3.05, 3.63) is 35.7 Å². The summed E-state index contributed by atoms with van der Waals surface area (Å²) in [6.45, 7) is 13.0. The van der Waals surface area contributed by atoms with E-state index >= 15 is 0 Å². The van der Waals surface area contributed by atoms with E-state index in [9.17, 15) is 13.2 Å². The highest BCUT2D eigenvalue weighted by Gasteiger charge is 2.32. The lowest BCUT2D eigenvalue weighted by Crippen LogP contribution is -2.49. The fourth-order valence-electron chi connectivity index (χ4n) is 2.45. The molecule has 0 unspecified atom stereocenters. The zero-order chi connectivity index (χ0) is 19.4. The first-order chi connectivity index (χ1) is 12.1. The summed E-state index contributed by atoms with van der Waals surface area (Å²) >= 11 is 0. The van der Waals surface area contributed by atoms with E-state index in [0.29, 0.717) is 0 Å². The molecule has 0 saturated carbocycles. The van der Waals surface area contributed by atoms with Crippen LogP contribution in [0.25, 0.3) is 4.85 Å². The summed E-state index contributed by atoms with van der Waals surface area (Å²) in [5.41, 5.74) is -0.529. The van der Waals surface area contributed by atoms with E-state index in [2.05, 4.69) is 10.2 Å². The number of carbonyl (C=O) groups excluding carboxylic acids is 1. The molecule has 1 fully saturated rings. The Morgan fingerprint density at radius 2 is 2.12 bits per heavy atom. The number of amides is 1. The maximum absolute atomic E-state index is 12.9. The highest BCUT2D eigenvalue weighted by Crippen LogP contribution is 2.27. The van der Waals surface area contributed by atoms with Crippen LogP contribution in [0, 0.1) is 6.57 Å². The number of nitrogens with zero attached hydrogens (tertiary/aromatic N) is 2. The molecule has 1 amide bonds. The molecule has 0 bridgehead atoms. The molecule has 1 heterocycles. The van der Waals surface area contributed by atoms with Gasteiger partial charge >= 0.3 is 6.09 Å². The minimum atomic E-state index is -3.81. The van der Waals surface area contributed by atoms with Gasteiger partial charge in [0.1, 0.15) is 5.60 Å². The zero-order valence-corrected chi connectivity index (χ0v) is 15.9. The maximum Gasteiger partial charge on any atom is 0.407 e. The lowest BCUT2D eigenvalue weighted by Gasteiger charge is -2.32.